The van der Waals surface area contributed by atoms with Crippen LogP contribution >= 0.6 is 0 Å². The summed E-state index contributed by atoms with van der Waals surface area (Å²) in [4.78, 5) is 12.1. The van der Waals surface area contributed by atoms with Crippen LogP contribution in [0.4, 0.5) is 0 Å². The lowest BCUT2D eigenvalue weighted by molar-refractivity contribution is -0.121. The SMILES string of the molecule is CCOC(CCNC(=O)CC(N)c1ccccc1)C1CCCC1. The summed E-state index contributed by atoms with van der Waals surface area (Å²) in [7, 11) is 0. The van der Waals surface area contributed by atoms with E-state index in [1.807, 2.05) is 37.3 Å². The van der Waals surface area contributed by atoms with Gasteiger partial charge in [0.1, 0.15) is 0 Å². The molecule has 0 saturated heterocycles. The number of nitrogens with one attached hydrogen (secondary N) is 1. The summed E-state index contributed by atoms with van der Waals surface area (Å²) in [5.74, 6) is 0.682. The molecule has 4 heteroatoms. The zero-order valence-electron chi connectivity index (χ0n) is 14.2. The quantitative estimate of drug-likeness (QED) is 0.735. The minimum absolute atomic E-state index is 0.0167. The van der Waals surface area contributed by atoms with Crippen LogP contribution in [0.25, 0.3) is 0 Å². The van der Waals surface area contributed by atoms with Crippen molar-refractivity contribution < 1.29 is 9.53 Å². The fraction of sp³-hybridized carbons (Fsp3) is 0.632. The molecule has 2 atom stereocenters. The van der Waals surface area contributed by atoms with Gasteiger partial charge in [0.2, 0.25) is 5.91 Å². The van der Waals surface area contributed by atoms with Crippen molar-refractivity contribution in [3.05, 3.63) is 35.9 Å². The molecular weight excluding hydrogens is 288 g/mol. The first-order valence-electron chi connectivity index (χ1n) is 8.89. The molecule has 0 aromatic heterocycles. The maximum Gasteiger partial charge on any atom is 0.221 e. The van der Waals surface area contributed by atoms with Crippen molar-refractivity contribution in [2.45, 2.75) is 57.6 Å². The Kier molecular flexibility index (Phi) is 7.56. The zero-order chi connectivity index (χ0) is 16.5. The fourth-order valence-corrected chi connectivity index (χ4v) is 3.44. The van der Waals surface area contributed by atoms with Crippen molar-refractivity contribution in [3.8, 4) is 0 Å². The molecule has 0 bridgehead atoms. The number of carbonyl (C=O) groups is 1. The third-order valence-electron chi connectivity index (χ3n) is 4.69. The van der Waals surface area contributed by atoms with E-state index in [0.717, 1.165) is 18.6 Å². The molecule has 0 spiro atoms. The van der Waals surface area contributed by atoms with Gasteiger partial charge in [0.15, 0.2) is 0 Å². The third-order valence-corrected chi connectivity index (χ3v) is 4.69. The largest absolute Gasteiger partial charge is 0.378 e. The van der Waals surface area contributed by atoms with Crippen LogP contribution in [0, 0.1) is 5.92 Å². The molecule has 1 saturated carbocycles. The standard InChI is InChI=1S/C19H30N2O2/c1-2-23-18(16-10-6-7-11-16)12-13-21-19(22)14-17(20)15-8-4-3-5-9-15/h3-5,8-9,16-18H,2,6-7,10-14,20H2,1H3,(H,21,22). The molecule has 1 aromatic rings. The highest BCUT2D eigenvalue weighted by atomic mass is 16.5. The van der Waals surface area contributed by atoms with E-state index < -0.39 is 0 Å². The Bertz CT molecular complexity index is 458. The molecule has 0 radical (unpaired) electrons. The van der Waals surface area contributed by atoms with Crippen LogP contribution < -0.4 is 11.1 Å². The van der Waals surface area contributed by atoms with Crippen LogP contribution in [0.15, 0.2) is 30.3 Å². The predicted octanol–water partition coefficient (Wildman–Crippen LogP) is 3.18. The van der Waals surface area contributed by atoms with Crippen LogP contribution in [0.2, 0.25) is 0 Å². The van der Waals surface area contributed by atoms with Gasteiger partial charge in [0.25, 0.3) is 0 Å². The monoisotopic (exact) mass is 318 g/mol. The van der Waals surface area contributed by atoms with E-state index in [0.29, 0.717) is 18.9 Å². The Morgan fingerprint density at radius 1 is 1.30 bits per heavy atom. The Balaban J connectivity index is 1.70. The van der Waals surface area contributed by atoms with Gasteiger partial charge in [-0.05, 0) is 37.7 Å². The minimum atomic E-state index is -0.242. The first kappa shape index (κ1) is 18.0. The van der Waals surface area contributed by atoms with Crippen LogP contribution in [0.3, 0.4) is 0 Å². The third kappa shape index (κ3) is 5.96. The van der Waals surface area contributed by atoms with Crippen LogP contribution in [-0.2, 0) is 9.53 Å². The van der Waals surface area contributed by atoms with Crippen molar-refractivity contribution in [2.24, 2.45) is 11.7 Å². The highest BCUT2D eigenvalue weighted by Crippen LogP contribution is 2.30. The highest BCUT2D eigenvalue weighted by molar-refractivity contribution is 5.76. The molecule has 0 heterocycles. The van der Waals surface area contributed by atoms with E-state index in [1.165, 1.54) is 25.7 Å². The van der Waals surface area contributed by atoms with Crippen molar-refractivity contribution in [1.82, 2.24) is 5.32 Å². The summed E-state index contributed by atoms with van der Waals surface area (Å²) >= 11 is 0. The van der Waals surface area contributed by atoms with Crippen molar-refractivity contribution in [2.75, 3.05) is 13.2 Å². The lowest BCUT2D eigenvalue weighted by Gasteiger charge is -2.23. The van der Waals surface area contributed by atoms with Crippen molar-refractivity contribution >= 4 is 5.91 Å². The lowest BCUT2D eigenvalue weighted by Crippen LogP contribution is -2.32. The molecular formula is C19H30N2O2. The topological polar surface area (TPSA) is 64.3 Å². The maximum absolute atomic E-state index is 12.1. The zero-order valence-corrected chi connectivity index (χ0v) is 14.2. The summed E-state index contributed by atoms with van der Waals surface area (Å²) in [6.07, 6.45) is 6.65. The van der Waals surface area contributed by atoms with Crippen LogP contribution in [0.5, 0.6) is 0 Å². The number of hydrogen-bond donors (Lipinski definition) is 2. The molecule has 1 fully saturated rings. The number of benzene rings is 1. The second-order valence-electron chi connectivity index (χ2n) is 6.40. The maximum atomic E-state index is 12.1. The molecule has 2 unspecified atom stereocenters. The minimum Gasteiger partial charge on any atom is -0.378 e. The molecule has 1 aromatic carbocycles. The Labute approximate surface area is 139 Å². The molecule has 4 nitrogen and oxygen atoms in total. The van der Waals surface area contributed by atoms with Gasteiger partial charge in [0.05, 0.1) is 6.10 Å². The molecule has 23 heavy (non-hydrogen) atoms. The van der Waals surface area contributed by atoms with Gasteiger partial charge in [0, 0.05) is 25.6 Å². The van der Waals surface area contributed by atoms with E-state index in [2.05, 4.69) is 5.32 Å². The molecule has 3 N–H and O–H groups in total. The van der Waals surface area contributed by atoms with Crippen molar-refractivity contribution in [3.63, 3.8) is 0 Å². The Hall–Kier alpha value is -1.39. The molecule has 0 aliphatic heterocycles. The summed E-state index contributed by atoms with van der Waals surface area (Å²) in [5, 5.41) is 3.00. The van der Waals surface area contributed by atoms with E-state index in [1.54, 1.807) is 0 Å². The summed E-state index contributed by atoms with van der Waals surface area (Å²) < 4.78 is 5.88. The molecule has 2 rings (SSSR count). The number of rotatable bonds is 9. The van der Waals surface area contributed by atoms with Crippen LogP contribution in [-0.4, -0.2) is 25.2 Å². The van der Waals surface area contributed by atoms with E-state index in [9.17, 15) is 4.79 Å². The summed E-state index contributed by atoms with van der Waals surface area (Å²) in [6.45, 7) is 3.45. The normalized spacial score (nSPS) is 17.8. The summed E-state index contributed by atoms with van der Waals surface area (Å²) in [5.41, 5.74) is 7.09. The van der Waals surface area contributed by atoms with Gasteiger partial charge < -0.3 is 15.8 Å². The number of ether oxygens (including phenoxy) is 1. The first-order chi connectivity index (χ1) is 11.2. The van der Waals surface area contributed by atoms with E-state index in [-0.39, 0.29) is 18.1 Å². The van der Waals surface area contributed by atoms with Crippen molar-refractivity contribution in [1.29, 1.82) is 0 Å². The molecule has 1 aliphatic carbocycles. The van der Waals surface area contributed by atoms with Gasteiger partial charge >= 0.3 is 0 Å². The number of nitrogens with two attached hydrogens (primary N) is 1. The van der Waals surface area contributed by atoms with Gasteiger partial charge in [-0.3, -0.25) is 4.79 Å². The Morgan fingerprint density at radius 3 is 2.65 bits per heavy atom. The van der Waals surface area contributed by atoms with Gasteiger partial charge in [-0.1, -0.05) is 43.2 Å². The van der Waals surface area contributed by atoms with Gasteiger partial charge in [-0.15, -0.1) is 0 Å². The van der Waals surface area contributed by atoms with Gasteiger partial charge in [-0.25, -0.2) is 0 Å². The van der Waals surface area contributed by atoms with E-state index >= 15 is 0 Å². The number of amides is 1. The first-order valence-corrected chi connectivity index (χ1v) is 8.89. The lowest BCUT2D eigenvalue weighted by atomic mass is 9.98. The Morgan fingerprint density at radius 2 is 2.00 bits per heavy atom. The predicted molar refractivity (Wildman–Crippen MR) is 93.0 cm³/mol. The fourth-order valence-electron chi connectivity index (χ4n) is 3.44. The molecule has 128 valence electrons. The second-order valence-corrected chi connectivity index (χ2v) is 6.40. The van der Waals surface area contributed by atoms with E-state index in [4.69, 9.17) is 10.5 Å². The average Bonchev–Trinajstić information content (AvgIpc) is 3.09. The highest BCUT2D eigenvalue weighted by Gasteiger charge is 2.25. The molecule has 1 aliphatic rings. The van der Waals surface area contributed by atoms with Gasteiger partial charge in [-0.2, -0.15) is 0 Å². The average molecular weight is 318 g/mol. The second kappa shape index (κ2) is 9.68. The molecule has 1 amide bonds. The number of carbonyl (C=O) groups excluding carboxylic acids is 1. The summed E-state index contributed by atoms with van der Waals surface area (Å²) in [6, 6.07) is 9.52. The number of hydrogen-bond acceptors (Lipinski definition) is 3. The van der Waals surface area contributed by atoms with Crippen LogP contribution in [0.1, 0.15) is 57.1 Å². The smallest absolute Gasteiger partial charge is 0.221 e.